The molecule has 2 heterocycles. The molecule has 11 heteroatoms. The summed E-state index contributed by atoms with van der Waals surface area (Å²) in [5.74, 6) is -2.19. The van der Waals surface area contributed by atoms with E-state index in [-0.39, 0.29) is 17.9 Å². The van der Waals surface area contributed by atoms with E-state index in [4.69, 9.17) is 13.7 Å². The highest BCUT2D eigenvalue weighted by molar-refractivity contribution is 8.01. The molecule has 3 atom stereocenters. The van der Waals surface area contributed by atoms with Gasteiger partial charge >= 0.3 is 11.9 Å². The Labute approximate surface area is 163 Å². The maximum absolute atomic E-state index is 12.5. The first-order valence-corrected chi connectivity index (χ1v) is 11.0. The largest absolute Gasteiger partial charge is 0.427 e. The minimum Gasteiger partial charge on any atom is -0.427 e. The minimum absolute atomic E-state index is 0.257. The molecule has 0 radical (unpaired) electrons. The van der Waals surface area contributed by atoms with Gasteiger partial charge in [-0.2, -0.15) is 8.42 Å². The predicted molar refractivity (Wildman–Crippen MR) is 96.9 cm³/mol. The summed E-state index contributed by atoms with van der Waals surface area (Å²) in [5, 5.41) is -0.371. The van der Waals surface area contributed by atoms with E-state index in [0.717, 1.165) is 6.26 Å². The molecular weight excluding hydrogens is 398 g/mol. The number of amides is 1. The van der Waals surface area contributed by atoms with Crippen LogP contribution in [0.25, 0.3) is 0 Å². The first-order valence-electron chi connectivity index (χ1n) is 8.33. The zero-order valence-corrected chi connectivity index (χ0v) is 17.8. The fraction of sp³-hybridized carbons (Fsp3) is 0.812. The van der Waals surface area contributed by atoms with Gasteiger partial charge < -0.3 is 14.4 Å². The highest BCUT2D eigenvalue weighted by atomic mass is 32.2. The molecular formula is C16H25NO8S2. The van der Waals surface area contributed by atoms with E-state index >= 15 is 0 Å². The molecule has 9 nitrogen and oxygen atoms in total. The number of carbonyl (C=O) groups is 3. The first kappa shape index (κ1) is 22.0. The quantitative estimate of drug-likeness (QED) is 0.264. The molecule has 2 fully saturated rings. The summed E-state index contributed by atoms with van der Waals surface area (Å²) in [6, 6.07) is -0.858. The number of hydrogen-bond acceptors (Lipinski definition) is 9. The number of thioether (sulfide) groups is 1. The second-order valence-electron chi connectivity index (χ2n) is 8.12. The highest BCUT2D eigenvalue weighted by Crippen LogP contribution is 2.53. The van der Waals surface area contributed by atoms with Crippen LogP contribution in [0.1, 0.15) is 34.6 Å². The summed E-state index contributed by atoms with van der Waals surface area (Å²) in [4.78, 5) is 38.0. The van der Waals surface area contributed by atoms with Gasteiger partial charge in [-0.15, -0.1) is 11.8 Å². The Morgan fingerprint density at radius 3 is 2.33 bits per heavy atom. The normalized spacial score (nSPS) is 27.0. The van der Waals surface area contributed by atoms with Crippen molar-refractivity contribution in [3.63, 3.8) is 0 Å². The Morgan fingerprint density at radius 1 is 1.22 bits per heavy atom. The van der Waals surface area contributed by atoms with Gasteiger partial charge in [0.15, 0.2) is 0 Å². The average Bonchev–Trinajstić information content (AvgIpc) is 2.73. The second kappa shape index (κ2) is 7.25. The SMILES string of the molecule is CC(C)(C)C(=O)OCOC(=O)[C@@H]1N2C(=O)[C@@H](COS(C)(=O)=O)[C@H]2SC1(C)C. The van der Waals surface area contributed by atoms with E-state index in [2.05, 4.69) is 0 Å². The van der Waals surface area contributed by atoms with Crippen molar-refractivity contribution in [2.75, 3.05) is 19.7 Å². The molecule has 2 aliphatic rings. The van der Waals surface area contributed by atoms with E-state index in [1.807, 2.05) is 0 Å². The second-order valence-corrected chi connectivity index (χ2v) is 11.5. The van der Waals surface area contributed by atoms with Crippen LogP contribution in [0, 0.1) is 11.3 Å². The number of carbonyl (C=O) groups excluding carboxylic acids is 3. The van der Waals surface area contributed by atoms with Crippen LogP contribution >= 0.6 is 11.8 Å². The minimum atomic E-state index is -3.66. The van der Waals surface area contributed by atoms with Crippen molar-refractivity contribution < 1.29 is 36.5 Å². The molecule has 0 aromatic rings. The van der Waals surface area contributed by atoms with Gasteiger partial charge in [0.1, 0.15) is 6.04 Å². The summed E-state index contributed by atoms with van der Waals surface area (Å²) in [6.07, 6.45) is 0.915. The molecule has 0 spiro atoms. The molecule has 2 rings (SSSR count). The van der Waals surface area contributed by atoms with Gasteiger partial charge in [-0.1, -0.05) is 0 Å². The number of esters is 2. The number of nitrogens with zero attached hydrogens (tertiary/aromatic N) is 1. The van der Waals surface area contributed by atoms with Gasteiger partial charge in [-0.25, -0.2) is 4.79 Å². The molecule has 0 N–H and O–H groups in total. The number of ether oxygens (including phenoxy) is 2. The summed E-state index contributed by atoms with van der Waals surface area (Å²) in [5.41, 5.74) is -0.722. The summed E-state index contributed by atoms with van der Waals surface area (Å²) in [7, 11) is -3.66. The van der Waals surface area contributed by atoms with Gasteiger partial charge in [0.05, 0.1) is 29.6 Å². The van der Waals surface area contributed by atoms with Crippen LogP contribution in [-0.2, 0) is 38.2 Å². The lowest BCUT2D eigenvalue weighted by Gasteiger charge is -2.43. The average molecular weight is 424 g/mol. The van der Waals surface area contributed by atoms with Crippen molar-refractivity contribution in [3.8, 4) is 0 Å². The Morgan fingerprint density at radius 2 is 1.81 bits per heavy atom. The third kappa shape index (κ3) is 4.75. The topological polar surface area (TPSA) is 116 Å². The zero-order chi connectivity index (χ0) is 20.8. The molecule has 0 bridgehead atoms. The van der Waals surface area contributed by atoms with Gasteiger partial charge in [-0.3, -0.25) is 13.8 Å². The van der Waals surface area contributed by atoms with Crippen LogP contribution in [-0.4, -0.2) is 67.0 Å². The van der Waals surface area contributed by atoms with Crippen LogP contribution < -0.4 is 0 Å². The monoisotopic (exact) mass is 423 g/mol. The fourth-order valence-electron chi connectivity index (χ4n) is 2.86. The highest BCUT2D eigenvalue weighted by Gasteiger charge is 2.64. The predicted octanol–water partition coefficient (Wildman–Crippen LogP) is 0.731. The molecule has 0 unspecified atom stereocenters. The van der Waals surface area contributed by atoms with E-state index in [0.29, 0.717) is 0 Å². The smallest absolute Gasteiger partial charge is 0.333 e. The van der Waals surface area contributed by atoms with Gasteiger partial charge in [0, 0.05) is 4.75 Å². The molecule has 1 amide bonds. The third-order valence-corrected chi connectivity index (χ3v) is 6.43. The van der Waals surface area contributed by atoms with Crippen molar-refractivity contribution in [3.05, 3.63) is 0 Å². The number of hydrogen-bond donors (Lipinski definition) is 0. The van der Waals surface area contributed by atoms with Gasteiger partial charge in [0.2, 0.25) is 12.7 Å². The Bertz CT molecular complexity index is 740. The van der Waals surface area contributed by atoms with E-state index in [1.165, 1.54) is 16.7 Å². The molecule has 27 heavy (non-hydrogen) atoms. The number of fused-ring (bicyclic) bond motifs is 1. The van der Waals surface area contributed by atoms with Gasteiger partial charge in [0.25, 0.3) is 10.1 Å². The van der Waals surface area contributed by atoms with Crippen LogP contribution in [0.5, 0.6) is 0 Å². The van der Waals surface area contributed by atoms with Crippen LogP contribution in [0.15, 0.2) is 0 Å². The number of rotatable bonds is 6. The molecule has 0 aromatic heterocycles. The van der Waals surface area contributed by atoms with Crippen molar-refractivity contribution in [2.24, 2.45) is 11.3 Å². The first-order chi connectivity index (χ1) is 12.1. The molecule has 0 aromatic carbocycles. The maximum Gasteiger partial charge on any atom is 0.333 e. The summed E-state index contributed by atoms with van der Waals surface area (Å²) in [6.45, 7) is 7.84. The van der Waals surface area contributed by atoms with Crippen LogP contribution in [0.2, 0.25) is 0 Å². The van der Waals surface area contributed by atoms with E-state index in [9.17, 15) is 22.8 Å². The van der Waals surface area contributed by atoms with Crippen molar-refractivity contribution in [1.29, 1.82) is 0 Å². The van der Waals surface area contributed by atoms with Crippen molar-refractivity contribution in [2.45, 2.75) is 50.8 Å². The van der Waals surface area contributed by atoms with Crippen molar-refractivity contribution in [1.82, 2.24) is 4.90 Å². The summed E-state index contributed by atoms with van der Waals surface area (Å²) < 4.78 is 36.4. The lowest BCUT2D eigenvalue weighted by Crippen LogP contribution is -2.64. The standard InChI is InChI=1S/C16H25NO8S2/c1-15(2,3)14(20)24-8-23-13(19)10-16(4,5)26-12-9(11(18)17(10)12)7-25-27(6,21)22/h9-10,12H,7-8H2,1-6H3/t9-,10+,12-/m1/s1. The van der Waals surface area contributed by atoms with E-state index in [1.54, 1.807) is 34.6 Å². The molecule has 0 saturated carbocycles. The van der Waals surface area contributed by atoms with Crippen LogP contribution in [0.4, 0.5) is 0 Å². The molecule has 154 valence electrons. The zero-order valence-electron chi connectivity index (χ0n) is 16.2. The van der Waals surface area contributed by atoms with Crippen LogP contribution in [0.3, 0.4) is 0 Å². The lowest BCUT2D eigenvalue weighted by atomic mass is 9.92. The Kier molecular flexibility index (Phi) is 5.90. The fourth-order valence-corrected chi connectivity index (χ4v) is 4.91. The molecule has 0 aliphatic carbocycles. The summed E-state index contributed by atoms with van der Waals surface area (Å²) >= 11 is 1.38. The maximum atomic E-state index is 12.5. The molecule has 2 saturated heterocycles. The number of β-lactam (4-membered cyclic amide) rings is 1. The van der Waals surface area contributed by atoms with Crippen molar-refractivity contribution >= 4 is 39.7 Å². The lowest BCUT2D eigenvalue weighted by molar-refractivity contribution is -0.181. The Balaban J connectivity index is 1.98. The van der Waals surface area contributed by atoms with E-state index < -0.39 is 51.0 Å². The molecule has 2 aliphatic heterocycles. The third-order valence-electron chi connectivity index (χ3n) is 4.24. The van der Waals surface area contributed by atoms with Gasteiger partial charge in [-0.05, 0) is 34.6 Å². The Hall–Kier alpha value is -1.33.